The fraction of sp³-hybridized carbons (Fsp3) is 0.154. The summed E-state index contributed by atoms with van der Waals surface area (Å²) in [5.74, 6) is -0.967. The van der Waals surface area contributed by atoms with Crippen molar-refractivity contribution < 1.29 is 14.7 Å². The Labute approximate surface area is 212 Å². The van der Waals surface area contributed by atoms with Gasteiger partial charge in [-0.05, 0) is 58.0 Å². The monoisotopic (exact) mass is 579 g/mol. The number of rotatable bonds is 2. The highest BCUT2D eigenvalue weighted by Gasteiger charge is 2.45. The number of aromatic hydroxyl groups is 1. The molecular formula is C26H18IN3O5. The Morgan fingerprint density at radius 2 is 1.63 bits per heavy atom. The molecule has 1 aliphatic heterocycles. The van der Waals surface area contributed by atoms with E-state index in [0.29, 0.717) is 20.4 Å². The zero-order chi connectivity index (χ0) is 24.4. The summed E-state index contributed by atoms with van der Waals surface area (Å²) in [4.78, 5) is 53.2. The summed E-state index contributed by atoms with van der Waals surface area (Å²) in [6.07, 6.45) is 3.35. The highest BCUT2D eigenvalue weighted by Crippen LogP contribution is 2.50. The molecule has 3 aromatic rings. The first-order valence-corrected chi connectivity index (χ1v) is 12.1. The van der Waals surface area contributed by atoms with E-state index in [2.05, 4.69) is 0 Å². The number of benzene rings is 2. The van der Waals surface area contributed by atoms with Gasteiger partial charge in [-0.1, -0.05) is 36.4 Å². The fourth-order valence-electron chi connectivity index (χ4n) is 5.31. The van der Waals surface area contributed by atoms with Crippen molar-refractivity contribution in [3.05, 3.63) is 114 Å². The molecule has 1 aromatic heterocycles. The number of phenolic OH excluding ortho intramolecular Hbond substituents is 1. The molecule has 0 fully saturated rings. The van der Waals surface area contributed by atoms with Crippen molar-refractivity contribution in [1.82, 2.24) is 13.9 Å². The summed E-state index contributed by atoms with van der Waals surface area (Å²) in [5.41, 5.74) is 1.78. The molecule has 2 aliphatic carbocycles. The molecular weight excluding hydrogens is 561 g/mol. The Hall–Kier alpha value is -3.73. The number of ketones is 2. The first-order chi connectivity index (χ1) is 16.9. The maximum Gasteiger partial charge on any atom is 0.352 e. The summed E-state index contributed by atoms with van der Waals surface area (Å²) in [5, 5.41) is 9.82. The molecule has 0 saturated carbocycles. The lowest BCUT2D eigenvalue weighted by Crippen LogP contribution is -2.40. The number of nitrogens with zero attached hydrogens (tertiary/aromatic N) is 3. The number of para-hydroxylation sites is 1. The molecule has 2 heterocycles. The number of allylic oxidation sites excluding steroid dienone is 6. The van der Waals surface area contributed by atoms with E-state index in [0.717, 1.165) is 15.7 Å². The van der Waals surface area contributed by atoms with E-state index in [-0.39, 0.29) is 30.3 Å². The van der Waals surface area contributed by atoms with Gasteiger partial charge in [0.2, 0.25) is 0 Å². The third-order valence-electron chi connectivity index (χ3n) is 6.84. The van der Waals surface area contributed by atoms with E-state index < -0.39 is 23.3 Å². The highest BCUT2D eigenvalue weighted by molar-refractivity contribution is 14.1. The topological polar surface area (TPSA) is 103 Å². The van der Waals surface area contributed by atoms with Crippen molar-refractivity contribution >= 4 is 34.2 Å². The first-order valence-electron chi connectivity index (χ1n) is 11.0. The van der Waals surface area contributed by atoms with Crippen LogP contribution in [0.15, 0.2) is 96.6 Å². The second kappa shape index (κ2) is 7.91. The standard InChI is InChI=1S/C26H18IN3O5/c27-19-13-21(32)18-12-20-17(22(23(18)24(19)33)14-6-8-16(31)9-7-14)10-11-28-25(34)29(26(35)30(20)28)15-4-2-1-3-5-15/h1-10,13,20,22,31H,11-12H2/t20-,22+/m1/s1. The number of fused-ring (bicyclic) bond motifs is 3. The molecule has 6 rings (SSSR count). The van der Waals surface area contributed by atoms with Crippen LogP contribution >= 0.6 is 22.6 Å². The Bertz CT molecular complexity index is 1630. The molecule has 0 radical (unpaired) electrons. The number of carbonyl (C=O) groups excluding carboxylic acids is 2. The Morgan fingerprint density at radius 1 is 0.914 bits per heavy atom. The number of hydrogen-bond donors (Lipinski definition) is 1. The maximum atomic E-state index is 13.6. The SMILES string of the molecule is O=C1C=C(I)C(=O)C2=C1C[C@@H]1C(=CCn3c(=O)n(-c4ccccc4)c(=O)n31)[C@@H]2c1ccc(O)cc1. The van der Waals surface area contributed by atoms with Gasteiger partial charge in [-0.2, -0.15) is 0 Å². The van der Waals surface area contributed by atoms with Crippen LogP contribution < -0.4 is 11.4 Å². The second-order valence-electron chi connectivity index (χ2n) is 8.69. The van der Waals surface area contributed by atoms with Gasteiger partial charge >= 0.3 is 11.4 Å². The minimum atomic E-state index is -0.604. The number of hydrogen-bond acceptors (Lipinski definition) is 5. The Balaban J connectivity index is 1.59. The lowest BCUT2D eigenvalue weighted by molar-refractivity contribution is -0.115. The molecule has 2 atom stereocenters. The lowest BCUT2D eigenvalue weighted by Gasteiger charge is -2.39. The van der Waals surface area contributed by atoms with Crippen LogP contribution in [-0.4, -0.2) is 30.6 Å². The van der Waals surface area contributed by atoms with E-state index in [4.69, 9.17) is 0 Å². The van der Waals surface area contributed by atoms with Gasteiger partial charge in [0, 0.05) is 29.6 Å². The third-order valence-corrected chi connectivity index (χ3v) is 7.64. The van der Waals surface area contributed by atoms with E-state index in [9.17, 15) is 24.3 Å². The molecule has 35 heavy (non-hydrogen) atoms. The van der Waals surface area contributed by atoms with Gasteiger partial charge in [0.15, 0.2) is 11.6 Å². The molecule has 9 heteroatoms. The molecule has 8 nitrogen and oxygen atoms in total. The van der Waals surface area contributed by atoms with Crippen molar-refractivity contribution in [2.45, 2.75) is 24.9 Å². The number of carbonyl (C=O) groups is 2. The Kier molecular flexibility index (Phi) is 4.92. The van der Waals surface area contributed by atoms with Crippen LogP contribution in [0.4, 0.5) is 0 Å². The molecule has 0 saturated heterocycles. The normalized spacial score (nSPS) is 21.2. The average molecular weight is 579 g/mol. The molecule has 1 N–H and O–H groups in total. The zero-order valence-electron chi connectivity index (χ0n) is 18.2. The van der Waals surface area contributed by atoms with Gasteiger partial charge in [0.1, 0.15) is 5.75 Å². The minimum Gasteiger partial charge on any atom is -0.508 e. The zero-order valence-corrected chi connectivity index (χ0v) is 20.4. The van der Waals surface area contributed by atoms with Crippen LogP contribution in [0.3, 0.4) is 0 Å². The molecule has 0 amide bonds. The van der Waals surface area contributed by atoms with E-state index in [1.165, 1.54) is 27.6 Å². The molecule has 0 spiro atoms. The van der Waals surface area contributed by atoms with Gasteiger partial charge in [-0.15, -0.1) is 0 Å². The van der Waals surface area contributed by atoms with Crippen molar-refractivity contribution in [3.63, 3.8) is 0 Å². The smallest absolute Gasteiger partial charge is 0.352 e. The van der Waals surface area contributed by atoms with Crippen LogP contribution in [0.1, 0.15) is 23.9 Å². The van der Waals surface area contributed by atoms with Gasteiger partial charge in [0.05, 0.1) is 21.9 Å². The summed E-state index contributed by atoms with van der Waals surface area (Å²) < 4.78 is 4.28. The van der Waals surface area contributed by atoms with Crippen LogP contribution in [0, 0.1) is 0 Å². The van der Waals surface area contributed by atoms with Gasteiger partial charge in [0.25, 0.3) is 0 Å². The lowest BCUT2D eigenvalue weighted by atomic mass is 9.69. The van der Waals surface area contributed by atoms with Crippen LogP contribution in [-0.2, 0) is 16.1 Å². The predicted octanol–water partition coefficient (Wildman–Crippen LogP) is 2.94. The number of phenols is 1. The van der Waals surface area contributed by atoms with Crippen molar-refractivity contribution in [2.75, 3.05) is 0 Å². The minimum absolute atomic E-state index is 0.0819. The van der Waals surface area contributed by atoms with E-state index >= 15 is 0 Å². The number of halogens is 1. The Morgan fingerprint density at radius 3 is 2.34 bits per heavy atom. The number of aromatic nitrogens is 3. The summed E-state index contributed by atoms with van der Waals surface area (Å²) >= 11 is 1.88. The third kappa shape index (κ3) is 3.18. The van der Waals surface area contributed by atoms with Crippen LogP contribution in [0.2, 0.25) is 0 Å². The van der Waals surface area contributed by atoms with E-state index in [1.54, 1.807) is 42.5 Å². The highest BCUT2D eigenvalue weighted by atomic mass is 127. The van der Waals surface area contributed by atoms with Crippen molar-refractivity contribution in [2.24, 2.45) is 0 Å². The van der Waals surface area contributed by atoms with Gasteiger partial charge < -0.3 is 5.11 Å². The van der Waals surface area contributed by atoms with Crippen LogP contribution in [0.25, 0.3) is 5.69 Å². The summed E-state index contributed by atoms with van der Waals surface area (Å²) in [6, 6.07) is 14.6. The largest absolute Gasteiger partial charge is 0.508 e. The molecule has 0 unspecified atom stereocenters. The van der Waals surface area contributed by atoms with Crippen LogP contribution in [0.5, 0.6) is 5.75 Å². The maximum absolute atomic E-state index is 13.6. The molecule has 174 valence electrons. The van der Waals surface area contributed by atoms with Crippen molar-refractivity contribution in [3.8, 4) is 11.4 Å². The van der Waals surface area contributed by atoms with Gasteiger partial charge in [-0.25, -0.2) is 23.5 Å². The average Bonchev–Trinajstić information content (AvgIpc) is 3.12. The van der Waals surface area contributed by atoms with Gasteiger partial charge in [-0.3, -0.25) is 9.59 Å². The summed E-state index contributed by atoms with van der Waals surface area (Å²) in [7, 11) is 0. The number of Topliss-reactive ketones (excluding diaryl/α,β-unsaturated/α-hetero) is 1. The second-order valence-corrected chi connectivity index (χ2v) is 9.85. The molecule has 0 bridgehead atoms. The predicted molar refractivity (Wildman–Crippen MR) is 136 cm³/mol. The quantitative estimate of drug-likeness (QED) is 0.286. The fourth-order valence-corrected chi connectivity index (χ4v) is 5.89. The summed E-state index contributed by atoms with van der Waals surface area (Å²) in [6.45, 7) is 0.159. The molecule has 2 aromatic carbocycles. The van der Waals surface area contributed by atoms with E-state index in [1.807, 2.05) is 28.7 Å². The molecule has 3 aliphatic rings. The first kappa shape index (κ1) is 21.8. The van der Waals surface area contributed by atoms with Crippen molar-refractivity contribution in [1.29, 1.82) is 0 Å².